The topological polar surface area (TPSA) is 90.9 Å². The predicted molar refractivity (Wildman–Crippen MR) is 102 cm³/mol. The van der Waals surface area contributed by atoms with Gasteiger partial charge in [-0.05, 0) is 19.1 Å². The number of halogens is 1. The van der Waals surface area contributed by atoms with Gasteiger partial charge in [-0.3, -0.25) is 18.7 Å². The van der Waals surface area contributed by atoms with E-state index in [-0.39, 0.29) is 29.1 Å². The van der Waals surface area contributed by atoms with Crippen LogP contribution in [0.25, 0.3) is 11.2 Å². The second-order valence-corrected chi connectivity index (χ2v) is 6.78. The molecule has 1 N–H and O–H groups in total. The molecule has 0 aliphatic heterocycles. The maximum absolute atomic E-state index is 13.6. The first-order chi connectivity index (χ1) is 12.8. The normalized spacial score (nSPS) is 11.1. The molecule has 8 nitrogen and oxygen atoms in total. The molecule has 0 atom stereocenters. The van der Waals surface area contributed by atoms with Crippen LogP contribution in [-0.4, -0.2) is 30.3 Å². The Morgan fingerprint density at radius 3 is 2.59 bits per heavy atom. The Bertz CT molecular complexity index is 1150. The second kappa shape index (κ2) is 7.39. The van der Waals surface area contributed by atoms with Crippen molar-refractivity contribution in [2.45, 2.75) is 18.6 Å². The molecule has 0 unspecified atom stereocenters. The quantitative estimate of drug-likeness (QED) is 0.663. The number of amides is 1. The van der Waals surface area contributed by atoms with Crippen molar-refractivity contribution in [2.75, 3.05) is 11.1 Å². The van der Waals surface area contributed by atoms with Gasteiger partial charge in [-0.25, -0.2) is 14.2 Å². The van der Waals surface area contributed by atoms with Crippen LogP contribution >= 0.6 is 11.8 Å². The molecular formula is C17H18FN5O3S. The highest BCUT2D eigenvalue weighted by molar-refractivity contribution is 7.99. The van der Waals surface area contributed by atoms with Gasteiger partial charge in [0.1, 0.15) is 5.82 Å². The Labute approximate surface area is 157 Å². The average Bonchev–Trinajstić information content (AvgIpc) is 2.97. The lowest BCUT2D eigenvalue weighted by Gasteiger charge is -2.06. The number of anilines is 1. The lowest BCUT2D eigenvalue weighted by Crippen LogP contribution is -2.39. The fourth-order valence-corrected chi connectivity index (χ4v) is 3.48. The third kappa shape index (κ3) is 3.39. The van der Waals surface area contributed by atoms with Crippen molar-refractivity contribution in [3.63, 3.8) is 0 Å². The Balaban J connectivity index is 1.87. The van der Waals surface area contributed by atoms with Gasteiger partial charge in [0.2, 0.25) is 5.91 Å². The summed E-state index contributed by atoms with van der Waals surface area (Å²) in [5.41, 5.74) is -0.221. The van der Waals surface area contributed by atoms with Gasteiger partial charge in [-0.15, -0.1) is 0 Å². The minimum Gasteiger partial charge on any atom is -0.323 e. The van der Waals surface area contributed by atoms with Crippen molar-refractivity contribution in [2.24, 2.45) is 14.1 Å². The van der Waals surface area contributed by atoms with Crippen LogP contribution in [0.2, 0.25) is 0 Å². The largest absolute Gasteiger partial charge is 0.332 e. The van der Waals surface area contributed by atoms with Gasteiger partial charge in [-0.1, -0.05) is 23.9 Å². The highest BCUT2D eigenvalue weighted by Crippen LogP contribution is 2.21. The van der Waals surface area contributed by atoms with Gasteiger partial charge in [0.05, 0.1) is 11.4 Å². The number of carbonyl (C=O) groups is 1. The number of nitrogens with zero attached hydrogens (tertiary/aromatic N) is 4. The molecule has 3 rings (SSSR count). The molecule has 0 aliphatic carbocycles. The minimum atomic E-state index is -0.520. The maximum Gasteiger partial charge on any atom is 0.332 e. The molecule has 0 aliphatic rings. The third-order valence-corrected chi connectivity index (χ3v) is 5.15. The molecule has 0 fully saturated rings. The standard InChI is InChI=1S/C17H18FN5O3S/c1-4-23-15(25)13-14(22(3)17(23)26)20-16(21(13)2)27-9-12(24)19-11-8-6-5-7-10(11)18/h5-8H,4,9H2,1-3H3,(H,19,24). The molecule has 0 saturated heterocycles. The first-order valence-electron chi connectivity index (χ1n) is 8.18. The number of carbonyl (C=O) groups excluding carboxylic acids is 1. The molecule has 1 amide bonds. The lowest BCUT2D eigenvalue weighted by atomic mass is 10.3. The van der Waals surface area contributed by atoms with Gasteiger partial charge in [0.15, 0.2) is 16.3 Å². The fourth-order valence-electron chi connectivity index (χ4n) is 2.71. The van der Waals surface area contributed by atoms with E-state index in [2.05, 4.69) is 10.3 Å². The number of para-hydroxylation sites is 1. The fraction of sp³-hybridized carbons (Fsp3) is 0.294. The van der Waals surface area contributed by atoms with Crippen LogP contribution in [0.1, 0.15) is 6.92 Å². The minimum absolute atomic E-state index is 0.0264. The summed E-state index contributed by atoms with van der Waals surface area (Å²) in [5.74, 6) is -0.952. The molecule has 1 aromatic carbocycles. The smallest absolute Gasteiger partial charge is 0.323 e. The van der Waals surface area contributed by atoms with Crippen LogP contribution in [0, 0.1) is 5.82 Å². The van der Waals surface area contributed by atoms with Crippen molar-refractivity contribution in [1.29, 1.82) is 0 Å². The summed E-state index contributed by atoms with van der Waals surface area (Å²) < 4.78 is 17.6. The van der Waals surface area contributed by atoms with E-state index in [1.807, 2.05) is 0 Å². The van der Waals surface area contributed by atoms with E-state index >= 15 is 0 Å². The number of hydrogen-bond acceptors (Lipinski definition) is 5. The lowest BCUT2D eigenvalue weighted by molar-refractivity contribution is -0.113. The third-order valence-electron chi connectivity index (χ3n) is 4.12. The molecule has 0 radical (unpaired) electrons. The number of aryl methyl sites for hydroxylation is 2. The number of benzene rings is 1. The Hall–Kier alpha value is -2.88. The Morgan fingerprint density at radius 1 is 1.22 bits per heavy atom. The van der Waals surface area contributed by atoms with E-state index in [0.29, 0.717) is 5.16 Å². The van der Waals surface area contributed by atoms with Gasteiger partial charge in [0, 0.05) is 20.6 Å². The molecule has 0 saturated carbocycles. The molecule has 2 heterocycles. The van der Waals surface area contributed by atoms with Gasteiger partial charge >= 0.3 is 5.69 Å². The van der Waals surface area contributed by atoms with Crippen molar-refractivity contribution < 1.29 is 9.18 Å². The molecule has 27 heavy (non-hydrogen) atoms. The monoisotopic (exact) mass is 391 g/mol. The van der Waals surface area contributed by atoms with Crippen LogP contribution in [0.15, 0.2) is 39.0 Å². The highest BCUT2D eigenvalue weighted by Gasteiger charge is 2.18. The van der Waals surface area contributed by atoms with Crippen LogP contribution in [0.3, 0.4) is 0 Å². The zero-order chi connectivity index (χ0) is 19.7. The summed E-state index contributed by atoms with van der Waals surface area (Å²) >= 11 is 1.10. The number of fused-ring (bicyclic) bond motifs is 1. The second-order valence-electron chi connectivity index (χ2n) is 5.83. The zero-order valence-corrected chi connectivity index (χ0v) is 15.8. The van der Waals surface area contributed by atoms with E-state index in [4.69, 9.17) is 0 Å². The first kappa shape index (κ1) is 18.9. The number of rotatable bonds is 5. The first-order valence-corrected chi connectivity index (χ1v) is 9.17. The number of thioether (sulfide) groups is 1. The molecule has 3 aromatic rings. The summed E-state index contributed by atoms with van der Waals surface area (Å²) in [6.07, 6.45) is 0. The van der Waals surface area contributed by atoms with Crippen LogP contribution in [0.5, 0.6) is 0 Å². The van der Waals surface area contributed by atoms with Gasteiger partial charge in [0.25, 0.3) is 5.56 Å². The number of hydrogen-bond donors (Lipinski definition) is 1. The van der Waals surface area contributed by atoms with Crippen molar-refractivity contribution in [3.8, 4) is 0 Å². The SMILES string of the molecule is CCn1c(=O)c2c(nc(SCC(=O)Nc3ccccc3F)n2C)n(C)c1=O. The number of aromatic nitrogens is 4. The predicted octanol–water partition coefficient (Wildman–Crippen LogP) is 1.32. The Kier molecular flexibility index (Phi) is 5.17. The van der Waals surface area contributed by atoms with Gasteiger partial charge in [-0.2, -0.15) is 0 Å². The summed E-state index contributed by atoms with van der Waals surface area (Å²) in [4.78, 5) is 41.2. The van der Waals surface area contributed by atoms with Crippen LogP contribution < -0.4 is 16.6 Å². The molecular weight excluding hydrogens is 373 g/mol. The maximum atomic E-state index is 13.6. The van der Waals surface area contributed by atoms with Crippen molar-refractivity contribution in [3.05, 3.63) is 50.9 Å². The summed E-state index contributed by atoms with van der Waals surface area (Å²) in [7, 11) is 3.20. The van der Waals surface area contributed by atoms with E-state index in [0.717, 1.165) is 16.3 Å². The average molecular weight is 391 g/mol. The summed E-state index contributed by atoms with van der Waals surface area (Å²) in [6, 6.07) is 5.88. The number of nitrogens with one attached hydrogen (secondary N) is 1. The van der Waals surface area contributed by atoms with E-state index < -0.39 is 23.0 Å². The van der Waals surface area contributed by atoms with E-state index in [1.165, 1.54) is 22.8 Å². The Morgan fingerprint density at radius 2 is 1.93 bits per heavy atom. The van der Waals surface area contributed by atoms with Crippen LogP contribution in [-0.2, 0) is 25.4 Å². The molecule has 0 bridgehead atoms. The molecule has 2 aromatic heterocycles. The number of imidazole rings is 1. The molecule has 10 heteroatoms. The molecule has 0 spiro atoms. The van der Waals surface area contributed by atoms with Gasteiger partial charge < -0.3 is 9.88 Å². The highest BCUT2D eigenvalue weighted by atomic mass is 32.2. The van der Waals surface area contributed by atoms with Crippen LogP contribution in [0.4, 0.5) is 10.1 Å². The molecule has 142 valence electrons. The van der Waals surface area contributed by atoms with Crippen molar-refractivity contribution >= 4 is 34.5 Å². The van der Waals surface area contributed by atoms with Crippen molar-refractivity contribution in [1.82, 2.24) is 18.7 Å². The van der Waals surface area contributed by atoms with E-state index in [1.54, 1.807) is 31.7 Å². The van der Waals surface area contributed by atoms with E-state index in [9.17, 15) is 18.8 Å². The zero-order valence-electron chi connectivity index (χ0n) is 15.0. The summed E-state index contributed by atoms with van der Waals surface area (Å²) in [5, 5.41) is 2.90. The summed E-state index contributed by atoms with van der Waals surface area (Å²) in [6.45, 7) is 1.97.